The predicted molar refractivity (Wildman–Crippen MR) is 115 cm³/mol. The number of methoxy groups -OCH3 is 1. The summed E-state index contributed by atoms with van der Waals surface area (Å²) < 4.78 is 8.43. The fourth-order valence-corrected chi connectivity index (χ4v) is 3.46. The molecule has 0 fully saturated rings. The van der Waals surface area contributed by atoms with Crippen molar-refractivity contribution in [3.8, 4) is 17.1 Å². The number of rotatable bonds is 4. The van der Waals surface area contributed by atoms with E-state index in [1.165, 1.54) is 0 Å². The number of hydrogen-bond donors (Lipinski definition) is 0. The van der Waals surface area contributed by atoms with Crippen LogP contribution >= 0.6 is 11.6 Å². The first-order valence-corrected chi connectivity index (χ1v) is 9.64. The topological polar surface area (TPSA) is 74.3 Å². The molecular formula is C22H16ClN5O2. The Balaban J connectivity index is 1.58. The van der Waals surface area contributed by atoms with Crippen molar-refractivity contribution in [1.82, 2.24) is 24.1 Å². The third-order valence-corrected chi connectivity index (χ3v) is 5.17. The van der Waals surface area contributed by atoms with Crippen LogP contribution in [0.3, 0.4) is 0 Å². The van der Waals surface area contributed by atoms with E-state index in [2.05, 4.69) is 15.1 Å². The Labute approximate surface area is 176 Å². The monoisotopic (exact) mass is 417 g/mol. The maximum absolute atomic E-state index is 13.0. The van der Waals surface area contributed by atoms with E-state index in [-0.39, 0.29) is 5.56 Å². The molecule has 7 nitrogen and oxygen atoms in total. The first kappa shape index (κ1) is 18.3. The summed E-state index contributed by atoms with van der Waals surface area (Å²) >= 11 is 5.94. The Morgan fingerprint density at radius 3 is 2.53 bits per heavy atom. The maximum atomic E-state index is 13.0. The normalized spacial score (nSPS) is 11.3. The molecule has 5 aromatic rings. The molecule has 0 aliphatic carbocycles. The summed E-state index contributed by atoms with van der Waals surface area (Å²) in [4.78, 5) is 21.9. The van der Waals surface area contributed by atoms with Crippen LogP contribution in [0.15, 0.2) is 71.8 Å². The molecule has 0 atom stereocenters. The molecule has 30 heavy (non-hydrogen) atoms. The van der Waals surface area contributed by atoms with Gasteiger partial charge in [0.1, 0.15) is 5.75 Å². The van der Waals surface area contributed by atoms with Crippen molar-refractivity contribution < 1.29 is 4.74 Å². The van der Waals surface area contributed by atoms with E-state index in [0.29, 0.717) is 34.1 Å². The molecule has 0 spiro atoms. The average molecular weight is 418 g/mol. The first-order chi connectivity index (χ1) is 14.6. The third kappa shape index (κ3) is 3.19. The number of fused-ring (bicyclic) bond motifs is 3. The Bertz CT molecular complexity index is 1420. The van der Waals surface area contributed by atoms with E-state index >= 15 is 0 Å². The second-order valence-electron chi connectivity index (χ2n) is 6.81. The van der Waals surface area contributed by atoms with Gasteiger partial charge in [-0.2, -0.15) is 9.50 Å². The minimum absolute atomic E-state index is 0.140. The SMILES string of the molecule is COc1ccc(-c2nc3ncc4c(=O)n(Cc5ccc(Cl)cc5)ccc4n3n2)cc1. The smallest absolute Gasteiger partial charge is 0.261 e. The Hall–Kier alpha value is -3.71. The fourth-order valence-electron chi connectivity index (χ4n) is 3.33. The average Bonchev–Trinajstić information content (AvgIpc) is 3.22. The Morgan fingerprint density at radius 2 is 1.80 bits per heavy atom. The van der Waals surface area contributed by atoms with Gasteiger partial charge in [-0.1, -0.05) is 23.7 Å². The van der Waals surface area contributed by atoms with E-state index < -0.39 is 0 Å². The third-order valence-electron chi connectivity index (χ3n) is 4.92. The molecule has 3 heterocycles. The molecule has 0 bridgehead atoms. The summed E-state index contributed by atoms with van der Waals surface area (Å²) in [5.74, 6) is 1.72. The van der Waals surface area contributed by atoms with Gasteiger partial charge in [0.05, 0.1) is 24.6 Å². The zero-order valence-electron chi connectivity index (χ0n) is 16.0. The molecule has 8 heteroatoms. The number of pyridine rings is 1. The van der Waals surface area contributed by atoms with Gasteiger partial charge in [0.2, 0.25) is 0 Å². The van der Waals surface area contributed by atoms with Crippen LogP contribution in [0.5, 0.6) is 5.75 Å². The molecule has 3 aromatic heterocycles. The van der Waals surface area contributed by atoms with Crippen LogP contribution in [0.1, 0.15) is 5.56 Å². The lowest BCUT2D eigenvalue weighted by molar-refractivity contribution is 0.415. The summed E-state index contributed by atoms with van der Waals surface area (Å²) in [6.45, 7) is 0.443. The summed E-state index contributed by atoms with van der Waals surface area (Å²) in [6, 6.07) is 16.7. The molecule has 0 unspecified atom stereocenters. The van der Waals surface area contributed by atoms with Crippen molar-refractivity contribution >= 4 is 28.3 Å². The van der Waals surface area contributed by atoms with Crippen molar-refractivity contribution in [2.24, 2.45) is 0 Å². The van der Waals surface area contributed by atoms with E-state index in [1.807, 2.05) is 54.6 Å². The number of ether oxygens (including phenoxy) is 1. The van der Waals surface area contributed by atoms with Gasteiger partial charge in [-0.3, -0.25) is 4.79 Å². The maximum Gasteiger partial charge on any atom is 0.261 e. The van der Waals surface area contributed by atoms with Gasteiger partial charge in [-0.05, 0) is 48.0 Å². The van der Waals surface area contributed by atoms with Crippen LogP contribution < -0.4 is 10.3 Å². The number of nitrogens with zero attached hydrogens (tertiary/aromatic N) is 5. The molecular weight excluding hydrogens is 402 g/mol. The lowest BCUT2D eigenvalue weighted by Gasteiger charge is -2.08. The highest BCUT2D eigenvalue weighted by atomic mass is 35.5. The summed E-state index contributed by atoms with van der Waals surface area (Å²) in [5, 5.41) is 5.71. The van der Waals surface area contributed by atoms with Crippen LogP contribution in [0.25, 0.3) is 28.1 Å². The molecule has 0 N–H and O–H groups in total. The van der Waals surface area contributed by atoms with Gasteiger partial charge >= 0.3 is 0 Å². The summed E-state index contributed by atoms with van der Waals surface area (Å²) in [5.41, 5.74) is 2.34. The van der Waals surface area contributed by atoms with Crippen molar-refractivity contribution in [3.63, 3.8) is 0 Å². The van der Waals surface area contributed by atoms with Crippen LogP contribution in [0.4, 0.5) is 0 Å². The van der Waals surface area contributed by atoms with Crippen molar-refractivity contribution in [2.75, 3.05) is 7.11 Å². The van der Waals surface area contributed by atoms with Crippen LogP contribution in [-0.4, -0.2) is 31.3 Å². The van der Waals surface area contributed by atoms with Crippen molar-refractivity contribution in [1.29, 1.82) is 0 Å². The molecule has 2 aromatic carbocycles. The standard InChI is InChI=1S/C22H16ClN5O2/c1-30-17-8-4-15(5-9-17)20-25-22-24-12-18-19(28(22)26-20)10-11-27(21(18)29)13-14-2-6-16(23)7-3-14/h2-12H,13H2,1H3. The van der Waals surface area contributed by atoms with Crippen LogP contribution in [-0.2, 0) is 6.54 Å². The Kier molecular flexibility index (Phi) is 4.44. The second-order valence-corrected chi connectivity index (χ2v) is 7.24. The largest absolute Gasteiger partial charge is 0.497 e. The molecule has 0 aliphatic heterocycles. The summed E-state index contributed by atoms with van der Waals surface area (Å²) in [7, 11) is 1.62. The molecule has 0 saturated heterocycles. The zero-order valence-corrected chi connectivity index (χ0v) is 16.7. The van der Waals surface area contributed by atoms with Gasteiger partial charge in [0.15, 0.2) is 5.82 Å². The lowest BCUT2D eigenvalue weighted by atomic mass is 10.2. The van der Waals surface area contributed by atoms with Crippen molar-refractivity contribution in [2.45, 2.75) is 6.54 Å². The fraction of sp³-hybridized carbons (Fsp3) is 0.0909. The first-order valence-electron chi connectivity index (χ1n) is 9.26. The number of aromatic nitrogens is 5. The predicted octanol–water partition coefficient (Wildman–Crippen LogP) is 3.82. The van der Waals surface area contributed by atoms with E-state index in [4.69, 9.17) is 16.3 Å². The highest BCUT2D eigenvalue weighted by Gasteiger charge is 2.13. The Morgan fingerprint density at radius 1 is 1.03 bits per heavy atom. The molecule has 148 valence electrons. The second kappa shape index (κ2) is 7.27. The van der Waals surface area contributed by atoms with Gasteiger partial charge < -0.3 is 9.30 Å². The molecule has 5 rings (SSSR count). The minimum Gasteiger partial charge on any atom is -0.497 e. The molecule has 0 aliphatic rings. The van der Waals surface area contributed by atoms with Gasteiger partial charge in [-0.15, -0.1) is 5.10 Å². The van der Waals surface area contributed by atoms with E-state index in [0.717, 1.165) is 16.9 Å². The number of hydrogen-bond acceptors (Lipinski definition) is 5. The highest BCUT2D eigenvalue weighted by Crippen LogP contribution is 2.21. The minimum atomic E-state index is -0.140. The molecule has 0 amide bonds. The van der Waals surface area contributed by atoms with Gasteiger partial charge in [0, 0.05) is 23.0 Å². The van der Waals surface area contributed by atoms with Crippen molar-refractivity contribution in [3.05, 3.63) is 87.9 Å². The van der Waals surface area contributed by atoms with Gasteiger partial charge in [-0.25, -0.2) is 4.98 Å². The highest BCUT2D eigenvalue weighted by molar-refractivity contribution is 6.30. The van der Waals surface area contributed by atoms with E-state index in [9.17, 15) is 4.79 Å². The van der Waals surface area contributed by atoms with Crippen LogP contribution in [0.2, 0.25) is 5.02 Å². The van der Waals surface area contributed by atoms with Crippen LogP contribution in [0, 0.1) is 0 Å². The summed E-state index contributed by atoms with van der Waals surface area (Å²) in [6.07, 6.45) is 3.31. The zero-order chi connectivity index (χ0) is 20.7. The van der Waals surface area contributed by atoms with E-state index in [1.54, 1.807) is 28.6 Å². The van der Waals surface area contributed by atoms with Gasteiger partial charge in [0.25, 0.3) is 11.3 Å². The number of halogens is 1. The molecule has 0 radical (unpaired) electrons. The lowest BCUT2D eigenvalue weighted by Crippen LogP contribution is -2.21. The molecule has 0 saturated carbocycles. The quantitative estimate of drug-likeness (QED) is 0.444. The number of benzene rings is 2.